The van der Waals surface area contributed by atoms with Crippen molar-refractivity contribution >= 4 is 71.2 Å². The molecule has 34 heteroatoms. The Bertz CT molecular complexity index is 3200. The van der Waals surface area contributed by atoms with Crippen molar-refractivity contribution in [2.24, 2.45) is 17.8 Å². The average Bonchev–Trinajstić information content (AvgIpc) is 0.785. The minimum Gasteiger partial charge on any atom is -0.467 e. The molecule has 2 aliphatic heterocycles. The Balaban J connectivity index is 1.23. The van der Waals surface area contributed by atoms with E-state index in [0.29, 0.717) is 30.4 Å². The van der Waals surface area contributed by atoms with Gasteiger partial charge in [-0.3, -0.25) is 52.8 Å². The highest BCUT2D eigenvalue weighted by Crippen LogP contribution is 2.37. The van der Waals surface area contributed by atoms with E-state index in [0.717, 1.165) is 0 Å². The predicted octanol–water partition coefficient (Wildman–Crippen LogP) is 4.99. The maximum absolute atomic E-state index is 13.8. The van der Waals surface area contributed by atoms with Gasteiger partial charge in [-0.15, -0.1) is 0 Å². The number of unbranched alkanes of at least 4 members (excludes halogenated alkanes) is 1. The number of rotatable bonds is 49. The van der Waals surface area contributed by atoms with E-state index in [1.54, 1.807) is 60.6 Å². The fourth-order valence-electron chi connectivity index (χ4n) is 10.7. The normalized spacial score (nSPS) is 20.0. The molecule has 0 unspecified atom stereocenters. The Morgan fingerprint density at radius 1 is 0.505 bits per heavy atom. The summed E-state index contributed by atoms with van der Waals surface area (Å²) in [6.45, 7) is 18.7. The van der Waals surface area contributed by atoms with Gasteiger partial charge in [0.1, 0.15) is 49.6 Å². The molecular formula is C73H108N4O30. The Hall–Kier alpha value is -8.48. The molecule has 4 amide bonds. The Morgan fingerprint density at radius 2 is 1.02 bits per heavy atom. The zero-order valence-corrected chi connectivity index (χ0v) is 63.5. The average molecular weight is 1520 g/mol. The number of amides is 4. The lowest BCUT2D eigenvalue weighted by molar-refractivity contribution is -0.263. The fourth-order valence-corrected chi connectivity index (χ4v) is 10.7. The second-order valence-corrected chi connectivity index (χ2v) is 26.2. The monoisotopic (exact) mass is 1520 g/mol. The van der Waals surface area contributed by atoms with Crippen LogP contribution < -0.4 is 30.9 Å². The van der Waals surface area contributed by atoms with E-state index in [9.17, 15) is 57.5 Å². The molecule has 2 aliphatic rings. The van der Waals surface area contributed by atoms with Gasteiger partial charge in [-0.1, -0.05) is 32.9 Å². The third kappa shape index (κ3) is 35.4. The lowest BCUT2D eigenvalue weighted by Crippen LogP contribution is -2.57. The Kier molecular flexibility index (Phi) is 41.4. The van der Waals surface area contributed by atoms with Gasteiger partial charge in [0.05, 0.1) is 89.8 Å². The summed E-state index contributed by atoms with van der Waals surface area (Å²) in [4.78, 5) is 156. The number of carbonyl (C=O) groups is 12. The number of Topliss-reactive ketones (excluding diaryl/α,β-unsaturated/α-hetero) is 2. The summed E-state index contributed by atoms with van der Waals surface area (Å²) < 4.78 is 95.0. The van der Waals surface area contributed by atoms with Crippen molar-refractivity contribution in [2.45, 2.75) is 196 Å². The minimum absolute atomic E-state index is 0.00970. The van der Waals surface area contributed by atoms with Gasteiger partial charge in [0.25, 0.3) is 5.91 Å². The number of hydrogen-bond acceptors (Lipinski definition) is 30. The van der Waals surface area contributed by atoms with Crippen LogP contribution in [0.15, 0.2) is 36.4 Å². The van der Waals surface area contributed by atoms with Crippen LogP contribution in [0.1, 0.15) is 160 Å². The zero-order valence-electron chi connectivity index (χ0n) is 63.5. The summed E-state index contributed by atoms with van der Waals surface area (Å²) in [6, 6.07) is 8.21. The summed E-state index contributed by atoms with van der Waals surface area (Å²) in [7, 11) is 1.21. The first kappa shape index (κ1) is 90.9. The molecule has 0 bridgehead atoms. The molecule has 0 aromatic heterocycles. The largest absolute Gasteiger partial charge is 0.467 e. The van der Waals surface area contributed by atoms with E-state index in [1.165, 1.54) is 66.0 Å². The topological polar surface area (TPSA) is 419 Å². The van der Waals surface area contributed by atoms with Gasteiger partial charge in [0, 0.05) is 85.6 Å². The van der Waals surface area contributed by atoms with E-state index >= 15 is 0 Å². The lowest BCUT2D eigenvalue weighted by Gasteiger charge is -2.43. The highest BCUT2D eigenvalue weighted by molar-refractivity contribution is 5.99. The highest BCUT2D eigenvalue weighted by Gasteiger charge is 2.50. The van der Waals surface area contributed by atoms with Crippen molar-refractivity contribution in [3.05, 3.63) is 58.7 Å². The zero-order chi connectivity index (χ0) is 79.0. The fraction of sp³-hybridized carbons (Fsp3) is 0.671. The van der Waals surface area contributed by atoms with Crippen molar-refractivity contribution < 1.29 is 143 Å². The quantitative estimate of drug-likeness (QED) is 0.0223. The van der Waals surface area contributed by atoms with Gasteiger partial charge in [-0.2, -0.15) is 5.48 Å². The van der Waals surface area contributed by atoms with Gasteiger partial charge in [0.2, 0.25) is 30.5 Å². The number of methoxy groups -OCH3 is 1. The molecule has 34 nitrogen and oxygen atoms in total. The van der Waals surface area contributed by atoms with Gasteiger partial charge in [-0.05, 0) is 101 Å². The molecule has 4 N–H and O–H groups in total. The van der Waals surface area contributed by atoms with Crippen LogP contribution in [0, 0.1) is 17.8 Å². The summed E-state index contributed by atoms with van der Waals surface area (Å²) in [5.74, 6) is -7.04. The summed E-state index contributed by atoms with van der Waals surface area (Å²) in [5.41, 5.74) is 2.54. The second kappa shape index (κ2) is 48.7. The minimum atomic E-state index is -1.33. The molecule has 4 rings (SSSR count). The third-order valence-corrected chi connectivity index (χ3v) is 16.3. The standard InChI is InChI=1S/C73H108N4O30/c1-44-45(2)66(102-51(8)81)70(106-65(44)69(88)90-13)105-61-24-22-54(41-98-49(6)79)39-56(61)68(87)75-26-29-93-33-35-95-42-62(85)74-25-15-14-18-57(59(84)20-17-28-91-30-31-94-36-37-99-77-72(89)107-73(10,11)12)76-63(86)43-96-34-32-92-27-16-19-58(83)55-38-53(40-97-48(5)78)21-23-60(55)104-71-67(103-52(9)82)64(101-50(7)80)46(3)47(4)100-71/h21-24,38-39,44-47,57,64-67,70-71H,14-20,25-37,40-43H2,1-13H3,(H,74,85)(H,75,87)(H,76,86)(H,77,89)/t44-,45-,46+,47+,57-,64-,65-,66+,67+,70+,71-/m0/s1. The van der Waals surface area contributed by atoms with Crippen molar-refractivity contribution in [2.75, 3.05) is 106 Å². The number of ether oxygens (including phenoxy) is 17. The summed E-state index contributed by atoms with van der Waals surface area (Å²) in [6.07, 6.45) is -6.31. The number of benzene rings is 2. The molecular weight excluding hydrogens is 1410 g/mol. The molecule has 0 saturated carbocycles. The molecule has 107 heavy (non-hydrogen) atoms. The first-order valence-corrected chi connectivity index (χ1v) is 35.6. The van der Waals surface area contributed by atoms with E-state index < -0.39 is 139 Å². The van der Waals surface area contributed by atoms with Crippen LogP contribution in [0.25, 0.3) is 0 Å². The van der Waals surface area contributed by atoms with Crippen molar-refractivity contribution in [3.8, 4) is 11.5 Å². The third-order valence-electron chi connectivity index (χ3n) is 16.3. The predicted molar refractivity (Wildman–Crippen MR) is 373 cm³/mol. The lowest BCUT2D eigenvalue weighted by atomic mass is 9.83. The molecule has 2 saturated heterocycles. The van der Waals surface area contributed by atoms with Crippen LogP contribution >= 0.6 is 0 Å². The number of hydroxylamine groups is 1. The molecule has 0 radical (unpaired) electrons. The summed E-state index contributed by atoms with van der Waals surface area (Å²) >= 11 is 0. The second-order valence-electron chi connectivity index (χ2n) is 26.2. The molecule has 0 aliphatic carbocycles. The van der Waals surface area contributed by atoms with Crippen molar-refractivity contribution in [1.29, 1.82) is 0 Å². The first-order chi connectivity index (χ1) is 50.9. The smallest absolute Gasteiger partial charge is 0.431 e. The van der Waals surface area contributed by atoms with E-state index in [2.05, 4.69) is 21.4 Å². The van der Waals surface area contributed by atoms with Gasteiger partial charge in [0.15, 0.2) is 23.8 Å². The van der Waals surface area contributed by atoms with Crippen LogP contribution in [0.2, 0.25) is 0 Å². The van der Waals surface area contributed by atoms with E-state index in [1.807, 2.05) is 0 Å². The van der Waals surface area contributed by atoms with Gasteiger partial charge in [-0.25, -0.2) is 9.59 Å². The maximum atomic E-state index is 13.8. The molecule has 0 spiro atoms. The molecule has 2 aromatic carbocycles. The number of carbonyl (C=O) groups excluding carboxylic acids is 12. The van der Waals surface area contributed by atoms with Crippen LogP contribution in [0.3, 0.4) is 0 Å². The number of hydrogen-bond donors (Lipinski definition) is 4. The number of nitrogens with one attached hydrogen (secondary N) is 4. The Morgan fingerprint density at radius 3 is 1.60 bits per heavy atom. The molecule has 600 valence electrons. The molecule has 2 aromatic rings. The number of esters is 6. The van der Waals surface area contributed by atoms with Crippen LogP contribution in [0.5, 0.6) is 11.5 Å². The first-order valence-electron chi connectivity index (χ1n) is 35.6. The van der Waals surface area contributed by atoms with Gasteiger partial charge >= 0.3 is 41.9 Å². The molecule has 11 atom stereocenters. The Labute approximate surface area is 623 Å². The number of ketones is 2. The summed E-state index contributed by atoms with van der Waals surface area (Å²) in [5, 5.41) is 8.27. The van der Waals surface area contributed by atoms with Crippen molar-refractivity contribution in [1.82, 2.24) is 21.4 Å². The van der Waals surface area contributed by atoms with Crippen LogP contribution in [0.4, 0.5) is 4.79 Å². The van der Waals surface area contributed by atoms with Gasteiger partial charge < -0.3 is 96.5 Å². The highest BCUT2D eigenvalue weighted by atomic mass is 16.7. The molecule has 2 heterocycles. The van der Waals surface area contributed by atoms with E-state index in [-0.39, 0.29) is 165 Å². The SMILES string of the molecule is COC(=O)[C@H]1O[C@@H](Oc2ccc(COC(C)=O)cc2C(=O)NCCOCCOCC(=O)NCCCC[C@H](NC(=O)COCCOCCCC(=O)c2cc(COC(C)=O)ccc2O[C@@H]2O[C@H](C)[C@@H](C)[C@H](OC(C)=O)[C@H]2OC(C)=O)C(=O)CCCOCCOCCONC(=O)OC(C)(C)C)[C@H](OC(C)=O)[C@@H](C)[C@@H]1C. The van der Waals surface area contributed by atoms with E-state index in [4.69, 9.17) is 85.4 Å². The van der Waals surface area contributed by atoms with Crippen LogP contribution in [-0.2, 0) is 132 Å². The maximum Gasteiger partial charge on any atom is 0.431 e. The van der Waals surface area contributed by atoms with Crippen molar-refractivity contribution in [3.63, 3.8) is 0 Å². The molecule has 2 fully saturated rings. The van der Waals surface area contributed by atoms with Crippen LogP contribution in [-0.4, -0.2) is 232 Å².